The summed E-state index contributed by atoms with van der Waals surface area (Å²) in [5, 5.41) is 5.58. The highest BCUT2D eigenvalue weighted by atomic mass is 16.5. The minimum Gasteiger partial charge on any atom is -0.462 e. The molecule has 0 saturated carbocycles. The summed E-state index contributed by atoms with van der Waals surface area (Å²) in [4.78, 5) is 58.1. The van der Waals surface area contributed by atoms with E-state index in [1.807, 2.05) is 0 Å². The molecule has 10 heteroatoms. The summed E-state index contributed by atoms with van der Waals surface area (Å²) in [5.74, 6) is -3.29. The van der Waals surface area contributed by atoms with Gasteiger partial charge >= 0.3 is 23.8 Å². The Kier molecular flexibility index (Phi) is 8.22. The summed E-state index contributed by atoms with van der Waals surface area (Å²) < 4.78 is 10.2. The molecule has 3 rings (SSSR count). The van der Waals surface area contributed by atoms with E-state index >= 15 is 0 Å². The largest absolute Gasteiger partial charge is 0.462 e. The quantitative estimate of drug-likeness (QED) is 0.523. The number of ether oxygens (including phenoxy) is 2. The van der Waals surface area contributed by atoms with Crippen molar-refractivity contribution in [3.05, 3.63) is 59.2 Å². The van der Waals surface area contributed by atoms with Gasteiger partial charge in [-0.05, 0) is 26.0 Å². The maximum absolute atomic E-state index is 12.6. The van der Waals surface area contributed by atoms with E-state index < -0.39 is 23.8 Å². The fraction of sp³-hybridized carbons (Fsp3) is 0.250. The Labute approximate surface area is 196 Å². The van der Waals surface area contributed by atoms with E-state index in [2.05, 4.69) is 20.6 Å². The third-order valence-corrected chi connectivity index (χ3v) is 4.69. The molecule has 176 valence electrons. The van der Waals surface area contributed by atoms with Gasteiger partial charge in [-0.1, -0.05) is 30.3 Å². The van der Waals surface area contributed by atoms with Gasteiger partial charge in [-0.15, -0.1) is 0 Å². The van der Waals surface area contributed by atoms with Crippen molar-refractivity contribution in [2.45, 2.75) is 13.8 Å². The van der Waals surface area contributed by atoms with Crippen LogP contribution in [0.5, 0.6) is 0 Å². The fourth-order valence-corrected chi connectivity index (χ4v) is 3.22. The number of fused-ring (bicyclic) bond motifs is 2. The normalized spacial score (nSPS) is 13.9. The van der Waals surface area contributed by atoms with Crippen molar-refractivity contribution in [3.8, 4) is 0 Å². The number of anilines is 2. The molecule has 2 aromatic rings. The van der Waals surface area contributed by atoms with Crippen molar-refractivity contribution in [2.24, 2.45) is 9.98 Å². The van der Waals surface area contributed by atoms with Gasteiger partial charge in [0.2, 0.25) is 0 Å². The molecule has 1 heterocycles. The van der Waals surface area contributed by atoms with Gasteiger partial charge < -0.3 is 20.1 Å². The molecular weight excluding hydrogens is 440 g/mol. The van der Waals surface area contributed by atoms with Gasteiger partial charge in [-0.3, -0.25) is 14.6 Å². The predicted molar refractivity (Wildman–Crippen MR) is 127 cm³/mol. The maximum atomic E-state index is 12.6. The average Bonchev–Trinajstić information content (AvgIpc) is 2.83. The second kappa shape index (κ2) is 11.5. The molecule has 0 radical (unpaired) electrons. The number of carbonyl (C=O) groups excluding carboxylic acids is 4. The first-order valence-electron chi connectivity index (χ1n) is 10.7. The number of nitrogens with zero attached hydrogens (tertiary/aromatic N) is 2. The highest BCUT2D eigenvalue weighted by molar-refractivity contribution is 6.46. The van der Waals surface area contributed by atoms with Gasteiger partial charge in [-0.25, -0.2) is 14.6 Å². The second-order valence-corrected chi connectivity index (χ2v) is 6.93. The van der Waals surface area contributed by atoms with Crippen molar-refractivity contribution in [2.75, 3.05) is 36.9 Å². The fourth-order valence-electron chi connectivity index (χ4n) is 3.22. The first-order chi connectivity index (χ1) is 16.5. The van der Waals surface area contributed by atoms with E-state index in [-0.39, 0.29) is 43.3 Å². The van der Waals surface area contributed by atoms with Crippen LogP contribution in [0.25, 0.3) is 0 Å². The van der Waals surface area contributed by atoms with Crippen molar-refractivity contribution >= 4 is 47.1 Å². The number of amides is 2. The number of para-hydroxylation sites is 2. The number of aliphatic imine (C=N–C) groups is 2. The lowest BCUT2D eigenvalue weighted by Crippen LogP contribution is -2.26. The molecular formula is C24H24N4O6. The number of esters is 2. The Morgan fingerprint density at radius 2 is 1.71 bits per heavy atom. The molecule has 0 spiro atoms. The average molecular weight is 464 g/mol. The van der Waals surface area contributed by atoms with Crippen molar-refractivity contribution in [3.63, 3.8) is 0 Å². The highest BCUT2D eigenvalue weighted by Crippen LogP contribution is 2.22. The van der Waals surface area contributed by atoms with Gasteiger partial charge in [-0.2, -0.15) is 0 Å². The smallest absolute Gasteiger partial charge is 0.357 e. The standard InChI is InChI=1S/C24H24N4O6/c1-3-33-23(31)17-10-7-8-15-14-27-21(29)22(30)28-18-11-6-5-9-16(18)20(24(32)34-4-2)26-13-12-25-19(15)17/h5-11,14,25H,3-4,12-13H2,1-2H3,(H,28,30). The summed E-state index contributed by atoms with van der Waals surface area (Å²) in [6.07, 6.45) is 1.21. The number of hydrogen-bond donors (Lipinski definition) is 2. The van der Waals surface area contributed by atoms with E-state index in [4.69, 9.17) is 9.47 Å². The SMILES string of the molecule is CCOC(=O)C1=NCCNc2c(cccc2C(=O)OCC)C=NC(=O)C(=O)Nc2ccccc21. The van der Waals surface area contributed by atoms with E-state index in [9.17, 15) is 19.2 Å². The van der Waals surface area contributed by atoms with Crippen LogP contribution in [0.4, 0.5) is 11.4 Å². The zero-order valence-corrected chi connectivity index (χ0v) is 18.8. The van der Waals surface area contributed by atoms with Gasteiger partial charge in [0, 0.05) is 23.9 Å². The summed E-state index contributed by atoms with van der Waals surface area (Å²) in [5.41, 5.74) is 1.51. The molecule has 0 aliphatic carbocycles. The van der Waals surface area contributed by atoms with E-state index in [1.54, 1.807) is 56.3 Å². The van der Waals surface area contributed by atoms with Gasteiger partial charge in [0.1, 0.15) is 0 Å². The zero-order valence-electron chi connectivity index (χ0n) is 18.8. The molecule has 1 aliphatic heterocycles. The number of hydrogen-bond acceptors (Lipinski definition) is 8. The summed E-state index contributed by atoms with van der Waals surface area (Å²) >= 11 is 0. The Balaban J connectivity index is 2.07. The molecule has 2 N–H and O–H groups in total. The van der Waals surface area contributed by atoms with Crippen molar-refractivity contribution < 1.29 is 28.7 Å². The molecule has 0 bridgehead atoms. The summed E-state index contributed by atoms with van der Waals surface area (Å²) in [6, 6.07) is 11.3. The van der Waals surface area contributed by atoms with Crippen LogP contribution >= 0.6 is 0 Å². The Bertz CT molecular complexity index is 1170. The van der Waals surface area contributed by atoms with Crippen LogP contribution in [-0.4, -0.2) is 62.0 Å². The number of benzene rings is 2. The van der Waals surface area contributed by atoms with E-state index in [0.29, 0.717) is 16.8 Å². The second-order valence-electron chi connectivity index (χ2n) is 6.93. The first-order valence-corrected chi connectivity index (χ1v) is 10.7. The molecule has 2 amide bonds. The van der Waals surface area contributed by atoms with Crippen LogP contribution in [0.1, 0.15) is 35.3 Å². The lowest BCUT2D eigenvalue weighted by molar-refractivity contribution is -0.135. The zero-order chi connectivity index (χ0) is 24.5. The molecule has 10 nitrogen and oxygen atoms in total. The first kappa shape index (κ1) is 24.3. The van der Waals surface area contributed by atoms with Crippen LogP contribution in [0.15, 0.2) is 52.4 Å². The third-order valence-electron chi connectivity index (χ3n) is 4.69. The molecule has 1 aliphatic rings. The molecule has 0 aromatic heterocycles. The van der Waals surface area contributed by atoms with Crippen LogP contribution in [0, 0.1) is 0 Å². The molecule has 0 atom stereocenters. The van der Waals surface area contributed by atoms with Crippen LogP contribution in [0.3, 0.4) is 0 Å². The van der Waals surface area contributed by atoms with Crippen molar-refractivity contribution in [1.82, 2.24) is 0 Å². The van der Waals surface area contributed by atoms with E-state index in [0.717, 1.165) is 0 Å². The van der Waals surface area contributed by atoms with Crippen molar-refractivity contribution in [1.29, 1.82) is 0 Å². The molecule has 0 saturated heterocycles. The lowest BCUT2D eigenvalue weighted by atomic mass is 10.1. The lowest BCUT2D eigenvalue weighted by Gasteiger charge is -2.15. The monoisotopic (exact) mass is 464 g/mol. The molecule has 0 unspecified atom stereocenters. The highest BCUT2D eigenvalue weighted by Gasteiger charge is 2.22. The van der Waals surface area contributed by atoms with Crippen LogP contribution in [0.2, 0.25) is 0 Å². The summed E-state index contributed by atoms with van der Waals surface area (Å²) in [6.45, 7) is 4.05. The number of rotatable bonds is 4. The molecule has 0 fully saturated rings. The Morgan fingerprint density at radius 3 is 2.47 bits per heavy atom. The van der Waals surface area contributed by atoms with Gasteiger partial charge in [0.15, 0.2) is 5.71 Å². The number of nitrogens with one attached hydrogen (secondary N) is 2. The van der Waals surface area contributed by atoms with Gasteiger partial charge in [0.25, 0.3) is 0 Å². The summed E-state index contributed by atoms with van der Waals surface area (Å²) in [7, 11) is 0. The topological polar surface area (TPSA) is 136 Å². The maximum Gasteiger partial charge on any atom is 0.357 e. The molecule has 34 heavy (non-hydrogen) atoms. The minimum absolute atomic E-state index is 0.00791. The minimum atomic E-state index is -1.06. The number of carbonyl (C=O) groups is 4. The van der Waals surface area contributed by atoms with Crippen LogP contribution < -0.4 is 10.6 Å². The van der Waals surface area contributed by atoms with Crippen LogP contribution in [-0.2, 0) is 23.9 Å². The third kappa shape index (κ3) is 5.71. The molecule has 2 aromatic carbocycles. The Hall–Kier alpha value is -4.34. The van der Waals surface area contributed by atoms with Gasteiger partial charge in [0.05, 0.1) is 36.7 Å². The Morgan fingerprint density at radius 1 is 0.971 bits per heavy atom. The van der Waals surface area contributed by atoms with E-state index in [1.165, 1.54) is 6.21 Å². The predicted octanol–water partition coefficient (Wildman–Crippen LogP) is 2.23.